The molecule has 74 valence electrons. The molecule has 14 heavy (non-hydrogen) atoms. The molecule has 0 aliphatic carbocycles. The van der Waals surface area contributed by atoms with Crippen LogP contribution in [0, 0.1) is 0 Å². The van der Waals surface area contributed by atoms with E-state index >= 15 is 0 Å². The van der Waals surface area contributed by atoms with Gasteiger partial charge in [0.05, 0.1) is 5.56 Å². The van der Waals surface area contributed by atoms with Crippen LogP contribution >= 0.6 is 12.4 Å². The lowest BCUT2D eigenvalue weighted by atomic mass is 10.2. The van der Waals surface area contributed by atoms with Crippen LogP contribution in [0.1, 0.15) is 10.4 Å². The Kier molecular flexibility index (Phi) is 2.81. The monoisotopic (exact) mass is 211 g/mol. The van der Waals surface area contributed by atoms with Crippen LogP contribution in [0.15, 0.2) is 30.5 Å². The van der Waals surface area contributed by atoms with E-state index in [1.54, 1.807) is 6.20 Å². The molecule has 0 saturated heterocycles. The van der Waals surface area contributed by atoms with Gasteiger partial charge in [0.25, 0.3) is 0 Å². The van der Waals surface area contributed by atoms with Gasteiger partial charge in [0.15, 0.2) is 0 Å². The molecule has 3 nitrogen and oxygen atoms in total. The number of aromatic nitrogens is 1. The molecule has 4 heteroatoms. The lowest BCUT2D eigenvalue weighted by molar-refractivity contribution is 0.0699. The summed E-state index contributed by atoms with van der Waals surface area (Å²) in [6, 6.07) is 7.46. The van der Waals surface area contributed by atoms with Crippen LogP contribution in [-0.4, -0.2) is 15.6 Å². The predicted molar refractivity (Wildman–Crippen MR) is 57.1 cm³/mol. The average molecular weight is 212 g/mol. The molecule has 1 aromatic carbocycles. The number of benzene rings is 1. The first kappa shape index (κ1) is 10.6. The van der Waals surface area contributed by atoms with E-state index in [1.807, 2.05) is 35.9 Å². The van der Waals surface area contributed by atoms with E-state index in [0.717, 1.165) is 10.9 Å². The maximum atomic E-state index is 10.8. The van der Waals surface area contributed by atoms with Crippen molar-refractivity contribution in [2.45, 2.75) is 0 Å². The van der Waals surface area contributed by atoms with Gasteiger partial charge in [-0.05, 0) is 6.07 Å². The van der Waals surface area contributed by atoms with Crippen molar-refractivity contribution in [3.63, 3.8) is 0 Å². The van der Waals surface area contributed by atoms with E-state index < -0.39 is 5.97 Å². The standard InChI is InChI=1S/C10H9NO2.ClH/c1-11-6-8(10(12)13)7-4-2-3-5-9(7)11;/h2-6H,1H3,(H,12,13);1H. The number of carbonyl (C=O) groups is 1. The fraction of sp³-hybridized carbons (Fsp3) is 0.100. The Morgan fingerprint density at radius 2 is 2.00 bits per heavy atom. The summed E-state index contributed by atoms with van der Waals surface area (Å²) in [4.78, 5) is 10.8. The lowest BCUT2D eigenvalue weighted by Gasteiger charge is -1.92. The summed E-state index contributed by atoms with van der Waals surface area (Å²) in [5.74, 6) is -0.878. The lowest BCUT2D eigenvalue weighted by Crippen LogP contribution is -1.93. The SMILES string of the molecule is Cl.Cn1cc(C(=O)O)c2ccccc21. The van der Waals surface area contributed by atoms with Gasteiger partial charge in [-0.1, -0.05) is 18.2 Å². The summed E-state index contributed by atoms with van der Waals surface area (Å²) in [5, 5.41) is 9.67. The zero-order valence-corrected chi connectivity index (χ0v) is 8.41. The maximum Gasteiger partial charge on any atom is 0.337 e. The number of aromatic carboxylic acids is 1. The minimum Gasteiger partial charge on any atom is -0.478 e. The molecule has 0 saturated carbocycles. The van der Waals surface area contributed by atoms with E-state index in [0.29, 0.717) is 5.56 Å². The Bertz CT molecular complexity index is 476. The summed E-state index contributed by atoms with van der Waals surface area (Å²) in [7, 11) is 1.84. The summed E-state index contributed by atoms with van der Waals surface area (Å²) in [5.41, 5.74) is 1.30. The van der Waals surface area contributed by atoms with Crippen molar-refractivity contribution in [3.8, 4) is 0 Å². The van der Waals surface area contributed by atoms with E-state index in [9.17, 15) is 4.79 Å². The van der Waals surface area contributed by atoms with Crippen LogP contribution in [0.3, 0.4) is 0 Å². The highest BCUT2D eigenvalue weighted by Crippen LogP contribution is 2.19. The van der Waals surface area contributed by atoms with Crippen molar-refractivity contribution in [2.75, 3.05) is 0 Å². The Morgan fingerprint density at radius 3 is 2.64 bits per heavy atom. The molecule has 0 fully saturated rings. The number of hydrogen-bond acceptors (Lipinski definition) is 1. The smallest absolute Gasteiger partial charge is 0.337 e. The Hall–Kier alpha value is -1.48. The minimum atomic E-state index is -0.878. The van der Waals surface area contributed by atoms with Crippen molar-refractivity contribution >= 4 is 29.3 Å². The number of carboxylic acid groups (broad SMARTS) is 1. The van der Waals surface area contributed by atoms with Crippen LogP contribution in [0.2, 0.25) is 0 Å². The van der Waals surface area contributed by atoms with E-state index in [1.165, 1.54) is 0 Å². The molecular formula is C10H10ClNO2. The van der Waals surface area contributed by atoms with Gasteiger partial charge in [-0.3, -0.25) is 0 Å². The highest BCUT2D eigenvalue weighted by Gasteiger charge is 2.10. The molecule has 2 rings (SSSR count). The fourth-order valence-corrected chi connectivity index (χ4v) is 1.51. The zero-order chi connectivity index (χ0) is 9.42. The normalized spacial score (nSPS) is 9.79. The van der Waals surface area contributed by atoms with Crippen LogP contribution in [0.4, 0.5) is 0 Å². The largest absolute Gasteiger partial charge is 0.478 e. The molecule has 0 aliphatic rings. The van der Waals surface area contributed by atoms with Gasteiger partial charge in [0.2, 0.25) is 0 Å². The minimum absolute atomic E-state index is 0. The van der Waals surface area contributed by atoms with Gasteiger partial charge in [-0.15, -0.1) is 12.4 Å². The molecule has 0 atom stereocenters. The van der Waals surface area contributed by atoms with Crippen LogP contribution in [0.5, 0.6) is 0 Å². The van der Waals surface area contributed by atoms with Crippen molar-refractivity contribution in [2.24, 2.45) is 7.05 Å². The van der Waals surface area contributed by atoms with Gasteiger partial charge in [-0.2, -0.15) is 0 Å². The molecule has 0 unspecified atom stereocenters. The van der Waals surface area contributed by atoms with Gasteiger partial charge in [0, 0.05) is 24.1 Å². The molecule has 0 spiro atoms. The number of hydrogen-bond donors (Lipinski definition) is 1. The fourth-order valence-electron chi connectivity index (χ4n) is 1.51. The van der Waals surface area contributed by atoms with E-state index in [2.05, 4.69) is 0 Å². The average Bonchev–Trinajstić information content (AvgIpc) is 2.45. The maximum absolute atomic E-state index is 10.8. The predicted octanol–water partition coefficient (Wildman–Crippen LogP) is 2.30. The van der Waals surface area contributed by atoms with Crippen LogP contribution in [-0.2, 0) is 7.05 Å². The quantitative estimate of drug-likeness (QED) is 0.787. The van der Waals surface area contributed by atoms with Gasteiger partial charge < -0.3 is 9.67 Å². The van der Waals surface area contributed by atoms with Gasteiger partial charge in [-0.25, -0.2) is 4.79 Å². The number of nitrogens with zero attached hydrogens (tertiary/aromatic N) is 1. The molecule has 0 bridgehead atoms. The number of fused-ring (bicyclic) bond motifs is 1. The van der Waals surface area contributed by atoms with Gasteiger partial charge in [0.1, 0.15) is 0 Å². The second kappa shape index (κ2) is 3.72. The van der Waals surface area contributed by atoms with Crippen molar-refractivity contribution < 1.29 is 9.90 Å². The van der Waals surface area contributed by atoms with Crippen LogP contribution < -0.4 is 0 Å². The Labute approximate surface area is 87.4 Å². The third-order valence-corrected chi connectivity index (χ3v) is 2.13. The second-order valence-electron chi connectivity index (χ2n) is 2.98. The number of aryl methyl sites for hydroxylation is 1. The first-order valence-corrected chi connectivity index (χ1v) is 3.97. The second-order valence-corrected chi connectivity index (χ2v) is 2.98. The molecule has 1 heterocycles. The number of rotatable bonds is 1. The summed E-state index contributed by atoms with van der Waals surface area (Å²) in [6.07, 6.45) is 1.63. The molecule has 0 aliphatic heterocycles. The molecule has 1 N–H and O–H groups in total. The van der Waals surface area contributed by atoms with Crippen molar-refractivity contribution in [1.29, 1.82) is 0 Å². The molecule has 0 amide bonds. The Balaban J connectivity index is 0.000000980. The van der Waals surface area contributed by atoms with E-state index in [4.69, 9.17) is 5.11 Å². The molecule has 1 aromatic heterocycles. The highest BCUT2D eigenvalue weighted by atomic mass is 35.5. The zero-order valence-electron chi connectivity index (χ0n) is 7.60. The van der Waals surface area contributed by atoms with Gasteiger partial charge >= 0.3 is 5.97 Å². The summed E-state index contributed by atoms with van der Waals surface area (Å²) in [6.45, 7) is 0. The van der Waals surface area contributed by atoms with E-state index in [-0.39, 0.29) is 12.4 Å². The molecule has 2 aromatic rings. The summed E-state index contributed by atoms with van der Waals surface area (Å²) < 4.78 is 1.82. The van der Waals surface area contributed by atoms with Crippen molar-refractivity contribution in [3.05, 3.63) is 36.0 Å². The number of carboxylic acids is 1. The first-order valence-electron chi connectivity index (χ1n) is 3.97. The number of para-hydroxylation sites is 1. The topological polar surface area (TPSA) is 42.2 Å². The highest BCUT2D eigenvalue weighted by molar-refractivity contribution is 6.03. The first-order chi connectivity index (χ1) is 6.20. The van der Waals surface area contributed by atoms with Crippen molar-refractivity contribution in [1.82, 2.24) is 4.57 Å². The number of halogens is 1. The molecule has 0 radical (unpaired) electrons. The molecular weight excluding hydrogens is 202 g/mol. The summed E-state index contributed by atoms with van der Waals surface area (Å²) >= 11 is 0. The Morgan fingerprint density at radius 1 is 1.36 bits per heavy atom. The van der Waals surface area contributed by atoms with Crippen LogP contribution in [0.25, 0.3) is 10.9 Å². The third kappa shape index (κ3) is 1.46. The third-order valence-electron chi connectivity index (χ3n) is 2.13.